The Balaban J connectivity index is 0.00000132. The summed E-state index contributed by atoms with van der Waals surface area (Å²) in [5, 5.41) is 9.66. The molecular formula is C18H20F5N5O3. The van der Waals surface area contributed by atoms with E-state index in [1.807, 2.05) is 13.8 Å². The average Bonchev–Trinajstić information content (AvgIpc) is 3.10. The van der Waals surface area contributed by atoms with Crippen LogP contribution in [0, 0.1) is 5.41 Å². The number of aromatic amines is 1. The molecule has 4 rings (SSSR count). The van der Waals surface area contributed by atoms with Crippen molar-refractivity contribution in [3.63, 3.8) is 0 Å². The van der Waals surface area contributed by atoms with Gasteiger partial charge in [0.2, 0.25) is 5.91 Å². The lowest BCUT2D eigenvalue weighted by molar-refractivity contribution is -0.141. The van der Waals surface area contributed by atoms with Gasteiger partial charge in [0, 0.05) is 19.5 Å². The Morgan fingerprint density at radius 2 is 1.97 bits per heavy atom. The van der Waals surface area contributed by atoms with Crippen molar-refractivity contribution in [2.24, 2.45) is 5.41 Å². The van der Waals surface area contributed by atoms with E-state index >= 15 is 0 Å². The van der Waals surface area contributed by atoms with Gasteiger partial charge in [-0.15, -0.1) is 5.10 Å². The summed E-state index contributed by atoms with van der Waals surface area (Å²) in [5.74, 6) is -3.50. The number of halogens is 5. The number of carbonyl (C=O) groups excluding carboxylic acids is 1. The molecule has 31 heavy (non-hydrogen) atoms. The van der Waals surface area contributed by atoms with E-state index in [-0.39, 0.29) is 49.9 Å². The van der Waals surface area contributed by atoms with Crippen LogP contribution in [0.1, 0.15) is 32.4 Å². The van der Waals surface area contributed by atoms with E-state index in [2.05, 4.69) is 15.5 Å². The normalized spacial score (nSPS) is 21.6. The largest absolute Gasteiger partial charge is 0.431 e. The van der Waals surface area contributed by atoms with Crippen LogP contribution in [-0.4, -0.2) is 51.5 Å². The first-order valence-electron chi connectivity index (χ1n) is 9.55. The third-order valence-electron chi connectivity index (χ3n) is 5.18. The van der Waals surface area contributed by atoms with Gasteiger partial charge >= 0.3 is 12.2 Å². The van der Waals surface area contributed by atoms with Crippen molar-refractivity contribution in [1.82, 2.24) is 20.1 Å². The van der Waals surface area contributed by atoms with Crippen molar-refractivity contribution >= 4 is 11.9 Å². The first kappa shape index (κ1) is 22.7. The maximum atomic E-state index is 13.4. The number of amides is 1. The van der Waals surface area contributed by atoms with Crippen LogP contribution >= 0.6 is 0 Å². The number of anilines is 1. The van der Waals surface area contributed by atoms with Gasteiger partial charge in [-0.3, -0.25) is 9.59 Å². The Kier molecular flexibility index (Phi) is 5.80. The lowest BCUT2D eigenvalue weighted by Gasteiger charge is -2.16. The molecule has 2 aliphatic rings. The summed E-state index contributed by atoms with van der Waals surface area (Å²) in [6.45, 7) is 3.91. The van der Waals surface area contributed by atoms with Crippen LogP contribution in [0.25, 0.3) is 11.5 Å². The zero-order valence-electron chi connectivity index (χ0n) is 16.6. The van der Waals surface area contributed by atoms with Crippen LogP contribution in [0.15, 0.2) is 21.3 Å². The minimum atomic E-state index is -4.71. The van der Waals surface area contributed by atoms with Gasteiger partial charge in [0.25, 0.3) is 17.4 Å². The van der Waals surface area contributed by atoms with Crippen molar-refractivity contribution in [2.45, 2.75) is 38.8 Å². The highest BCUT2D eigenvalue weighted by molar-refractivity contribution is 5.80. The molecule has 1 saturated heterocycles. The number of rotatable bonds is 4. The first-order chi connectivity index (χ1) is 14.5. The molecule has 170 valence electrons. The number of alkyl halides is 5. The molecular weight excluding hydrogens is 429 g/mol. The second-order valence-corrected chi connectivity index (χ2v) is 7.11. The summed E-state index contributed by atoms with van der Waals surface area (Å²) in [5.41, 5.74) is -3.68. The number of H-pyrrole nitrogens is 1. The molecule has 13 heteroatoms. The number of hydrogen-bond acceptors (Lipinski definition) is 6. The summed E-state index contributed by atoms with van der Waals surface area (Å²) in [7, 11) is 0. The van der Waals surface area contributed by atoms with Crippen LogP contribution in [0.2, 0.25) is 0 Å². The van der Waals surface area contributed by atoms with Gasteiger partial charge in [0.05, 0.1) is 12.0 Å². The smallest absolute Gasteiger partial charge is 0.403 e. The van der Waals surface area contributed by atoms with Gasteiger partial charge in [-0.25, -0.2) is 8.78 Å². The summed E-state index contributed by atoms with van der Waals surface area (Å²) < 4.78 is 69.7. The highest BCUT2D eigenvalue weighted by Crippen LogP contribution is 2.65. The van der Waals surface area contributed by atoms with Crippen LogP contribution in [0.5, 0.6) is 0 Å². The molecule has 0 aromatic carbocycles. The van der Waals surface area contributed by atoms with Crippen LogP contribution < -0.4 is 10.9 Å². The molecule has 2 aromatic rings. The number of nitrogens with zero attached hydrogens (tertiary/aromatic N) is 3. The summed E-state index contributed by atoms with van der Waals surface area (Å²) in [6, 6.07) is 1.32. The van der Waals surface area contributed by atoms with E-state index in [1.54, 1.807) is 4.98 Å². The maximum Gasteiger partial charge on any atom is 0.431 e. The number of carbonyl (C=O) groups is 1. The van der Waals surface area contributed by atoms with E-state index in [1.165, 1.54) is 4.90 Å². The SMILES string of the molecule is CC.O=C(CNc1nnc(-c2ccc(C(F)(F)F)[nH]c2=O)o1)N1CCC2(C1)CC2(F)F. The Morgan fingerprint density at radius 1 is 1.29 bits per heavy atom. The number of pyridine rings is 1. The van der Waals surface area contributed by atoms with Crippen molar-refractivity contribution in [3.8, 4) is 11.5 Å². The second-order valence-electron chi connectivity index (χ2n) is 7.11. The van der Waals surface area contributed by atoms with Crippen molar-refractivity contribution in [3.05, 3.63) is 28.2 Å². The number of nitrogens with one attached hydrogen (secondary N) is 2. The minimum absolute atomic E-state index is 0.0173. The van der Waals surface area contributed by atoms with Crippen molar-refractivity contribution < 1.29 is 31.2 Å². The van der Waals surface area contributed by atoms with E-state index in [4.69, 9.17) is 4.42 Å². The van der Waals surface area contributed by atoms with Gasteiger partial charge in [-0.2, -0.15) is 13.2 Å². The topological polar surface area (TPSA) is 104 Å². The molecule has 0 bridgehead atoms. The van der Waals surface area contributed by atoms with Gasteiger partial charge < -0.3 is 19.6 Å². The summed E-state index contributed by atoms with van der Waals surface area (Å²) in [6.07, 6.45) is -4.68. The molecule has 1 aliphatic heterocycles. The Hall–Kier alpha value is -2.99. The molecule has 1 unspecified atom stereocenters. The molecule has 1 saturated carbocycles. The minimum Gasteiger partial charge on any atom is -0.403 e. The fraction of sp³-hybridized carbons (Fsp3) is 0.556. The van der Waals surface area contributed by atoms with Gasteiger partial charge in [-0.05, 0) is 18.6 Å². The van der Waals surface area contributed by atoms with Crippen molar-refractivity contribution in [1.29, 1.82) is 0 Å². The highest BCUT2D eigenvalue weighted by Gasteiger charge is 2.72. The maximum absolute atomic E-state index is 13.4. The Bertz CT molecular complexity index is 1020. The number of likely N-dealkylation sites (tertiary alicyclic amines) is 1. The average molecular weight is 449 g/mol. The molecule has 8 nitrogen and oxygen atoms in total. The third-order valence-corrected chi connectivity index (χ3v) is 5.18. The highest BCUT2D eigenvalue weighted by atomic mass is 19.4. The molecule has 3 heterocycles. The predicted octanol–water partition coefficient (Wildman–Crippen LogP) is 3.14. The van der Waals surface area contributed by atoms with E-state index in [9.17, 15) is 31.5 Å². The Labute approximate surface area is 172 Å². The fourth-order valence-corrected chi connectivity index (χ4v) is 3.38. The molecule has 1 amide bonds. The standard InChI is InChI=1S/C16H14F5N5O3.C2H6/c17-15(18)6-14(15)3-4-26(7-14)10(27)5-22-13-25-24-12(29-13)8-1-2-9(16(19,20)21)23-11(8)28;1-2/h1-2H,3-7H2,(H,22,25)(H,23,28);1-2H3. The molecule has 1 aliphatic carbocycles. The van der Waals surface area contributed by atoms with Crippen LogP contribution in [0.3, 0.4) is 0 Å². The quantitative estimate of drug-likeness (QED) is 0.695. The molecule has 1 atom stereocenters. The lowest BCUT2D eigenvalue weighted by Crippen LogP contribution is -2.34. The van der Waals surface area contributed by atoms with Crippen molar-refractivity contribution in [2.75, 3.05) is 25.0 Å². The number of hydrogen-bond donors (Lipinski definition) is 2. The van der Waals surface area contributed by atoms with E-state index < -0.39 is 34.7 Å². The molecule has 2 fully saturated rings. The molecule has 0 radical (unpaired) electrons. The predicted molar refractivity (Wildman–Crippen MR) is 98.4 cm³/mol. The Morgan fingerprint density at radius 3 is 2.52 bits per heavy atom. The molecule has 2 N–H and O–H groups in total. The van der Waals surface area contributed by atoms with E-state index in [0.717, 1.165) is 6.07 Å². The van der Waals surface area contributed by atoms with E-state index in [0.29, 0.717) is 6.07 Å². The zero-order chi connectivity index (χ0) is 23.0. The number of aromatic nitrogens is 3. The monoisotopic (exact) mass is 449 g/mol. The van der Waals surface area contributed by atoms with Crippen LogP contribution in [0.4, 0.5) is 28.0 Å². The fourth-order valence-electron chi connectivity index (χ4n) is 3.38. The summed E-state index contributed by atoms with van der Waals surface area (Å²) in [4.78, 5) is 27.0. The van der Waals surface area contributed by atoms with Gasteiger partial charge in [0.1, 0.15) is 11.3 Å². The van der Waals surface area contributed by atoms with Gasteiger partial charge in [0.15, 0.2) is 0 Å². The molecule has 1 spiro atoms. The third kappa shape index (κ3) is 4.39. The molecule has 2 aromatic heterocycles. The second kappa shape index (κ2) is 7.93. The lowest BCUT2D eigenvalue weighted by atomic mass is 10.1. The van der Waals surface area contributed by atoms with Crippen LogP contribution in [-0.2, 0) is 11.0 Å². The summed E-state index contributed by atoms with van der Waals surface area (Å²) >= 11 is 0. The first-order valence-corrected chi connectivity index (χ1v) is 9.55. The van der Waals surface area contributed by atoms with Gasteiger partial charge in [-0.1, -0.05) is 18.9 Å². The zero-order valence-corrected chi connectivity index (χ0v) is 16.6.